The van der Waals surface area contributed by atoms with Crippen molar-refractivity contribution in [3.05, 3.63) is 89.0 Å². The van der Waals surface area contributed by atoms with Crippen LogP contribution >= 0.6 is 0 Å². The lowest BCUT2D eigenvalue weighted by Crippen LogP contribution is -2.35. The van der Waals surface area contributed by atoms with Crippen molar-refractivity contribution in [3.63, 3.8) is 0 Å². The number of anilines is 1. The lowest BCUT2D eigenvalue weighted by molar-refractivity contribution is 0.0985. The van der Waals surface area contributed by atoms with E-state index in [2.05, 4.69) is 6.07 Å². The van der Waals surface area contributed by atoms with E-state index in [1.165, 1.54) is 5.56 Å². The summed E-state index contributed by atoms with van der Waals surface area (Å²) in [7, 11) is 0. The second-order valence-electron chi connectivity index (χ2n) is 6.82. The lowest BCUT2D eigenvalue weighted by atomic mass is 9.99. The SMILES string of the molecule is O=C1c2ccccc2-c2ccc(C(=O)N3CCCc4ccccc43)cc21. The normalized spacial score (nSPS) is 14.6. The predicted molar refractivity (Wildman–Crippen MR) is 102 cm³/mol. The second-order valence-corrected chi connectivity index (χ2v) is 6.82. The zero-order valence-corrected chi connectivity index (χ0v) is 14.2. The molecule has 1 heterocycles. The van der Waals surface area contributed by atoms with Gasteiger partial charge in [0.15, 0.2) is 5.78 Å². The Morgan fingerprint density at radius 2 is 1.54 bits per heavy atom. The molecule has 0 bridgehead atoms. The molecule has 3 heteroatoms. The van der Waals surface area contributed by atoms with Crippen LogP contribution in [0.3, 0.4) is 0 Å². The van der Waals surface area contributed by atoms with Crippen molar-refractivity contribution in [2.24, 2.45) is 0 Å². The third-order valence-electron chi connectivity index (χ3n) is 5.33. The number of benzene rings is 3. The Balaban J connectivity index is 1.56. The second kappa shape index (κ2) is 5.67. The molecule has 0 saturated carbocycles. The molecule has 126 valence electrons. The highest BCUT2D eigenvalue weighted by Crippen LogP contribution is 2.37. The summed E-state index contributed by atoms with van der Waals surface area (Å²) in [5.41, 5.74) is 5.98. The summed E-state index contributed by atoms with van der Waals surface area (Å²) in [6.45, 7) is 0.709. The van der Waals surface area contributed by atoms with E-state index in [-0.39, 0.29) is 11.7 Å². The predicted octanol–water partition coefficient (Wildman–Crippen LogP) is 4.49. The van der Waals surface area contributed by atoms with Gasteiger partial charge >= 0.3 is 0 Å². The molecule has 0 spiro atoms. The van der Waals surface area contributed by atoms with Crippen LogP contribution < -0.4 is 4.90 Å². The van der Waals surface area contributed by atoms with Crippen molar-refractivity contribution >= 4 is 17.4 Å². The molecule has 26 heavy (non-hydrogen) atoms. The molecule has 3 nitrogen and oxygen atoms in total. The number of amides is 1. The fourth-order valence-corrected chi connectivity index (χ4v) is 4.06. The molecule has 0 radical (unpaired) electrons. The Labute approximate surface area is 151 Å². The molecule has 0 fully saturated rings. The van der Waals surface area contributed by atoms with Gasteiger partial charge in [-0.3, -0.25) is 9.59 Å². The smallest absolute Gasteiger partial charge is 0.258 e. The summed E-state index contributed by atoms with van der Waals surface area (Å²) < 4.78 is 0. The van der Waals surface area contributed by atoms with Gasteiger partial charge in [0, 0.05) is 28.9 Å². The first-order chi connectivity index (χ1) is 12.7. The number of nitrogens with zero attached hydrogens (tertiary/aromatic N) is 1. The summed E-state index contributed by atoms with van der Waals surface area (Å²) in [6.07, 6.45) is 1.95. The molecule has 1 aliphatic carbocycles. The van der Waals surface area contributed by atoms with Crippen LogP contribution in [0.4, 0.5) is 5.69 Å². The quantitative estimate of drug-likeness (QED) is 0.512. The molecule has 3 aromatic carbocycles. The minimum Gasteiger partial charge on any atom is -0.308 e. The first-order valence-electron chi connectivity index (χ1n) is 8.92. The van der Waals surface area contributed by atoms with Crippen molar-refractivity contribution in [1.29, 1.82) is 0 Å². The molecule has 0 saturated heterocycles. The Kier molecular flexibility index (Phi) is 3.29. The van der Waals surface area contributed by atoms with Crippen LogP contribution in [-0.2, 0) is 6.42 Å². The van der Waals surface area contributed by atoms with Crippen molar-refractivity contribution in [3.8, 4) is 11.1 Å². The molecular formula is C23H17NO2. The summed E-state index contributed by atoms with van der Waals surface area (Å²) in [5.74, 6) is -0.0343. The molecule has 3 aromatic rings. The number of carbonyl (C=O) groups excluding carboxylic acids is 2. The molecule has 0 N–H and O–H groups in total. The molecular weight excluding hydrogens is 322 g/mol. The van der Waals surface area contributed by atoms with Gasteiger partial charge in [0.1, 0.15) is 0 Å². The highest BCUT2D eigenvalue weighted by Gasteiger charge is 2.29. The van der Waals surface area contributed by atoms with Gasteiger partial charge in [-0.15, -0.1) is 0 Å². The summed E-state index contributed by atoms with van der Waals surface area (Å²) >= 11 is 0. The van der Waals surface area contributed by atoms with Gasteiger partial charge in [-0.1, -0.05) is 48.5 Å². The van der Waals surface area contributed by atoms with Gasteiger partial charge in [-0.05, 0) is 47.7 Å². The standard InChI is InChI=1S/C23H17NO2/c25-22-19-9-3-2-8-17(19)18-12-11-16(14-20(18)22)23(26)24-13-5-7-15-6-1-4-10-21(15)24/h1-4,6,8-12,14H,5,7,13H2. The van der Waals surface area contributed by atoms with Gasteiger partial charge in [-0.25, -0.2) is 0 Å². The van der Waals surface area contributed by atoms with E-state index in [1.807, 2.05) is 59.5 Å². The van der Waals surface area contributed by atoms with Crippen LogP contribution in [0.2, 0.25) is 0 Å². The number of hydrogen-bond donors (Lipinski definition) is 0. The number of hydrogen-bond acceptors (Lipinski definition) is 2. The van der Waals surface area contributed by atoms with Crippen molar-refractivity contribution < 1.29 is 9.59 Å². The molecule has 5 rings (SSSR count). The highest BCUT2D eigenvalue weighted by molar-refractivity contribution is 6.22. The van der Waals surface area contributed by atoms with Crippen LogP contribution in [-0.4, -0.2) is 18.2 Å². The van der Waals surface area contributed by atoms with E-state index in [1.54, 1.807) is 6.07 Å². The molecule has 2 aliphatic rings. The van der Waals surface area contributed by atoms with Gasteiger partial charge in [0.05, 0.1) is 0 Å². The van der Waals surface area contributed by atoms with E-state index >= 15 is 0 Å². The fraction of sp³-hybridized carbons (Fsp3) is 0.130. The van der Waals surface area contributed by atoms with E-state index in [9.17, 15) is 9.59 Å². The van der Waals surface area contributed by atoms with Crippen LogP contribution in [0.25, 0.3) is 11.1 Å². The maximum Gasteiger partial charge on any atom is 0.258 e. The minimum absolute atomic E-state index is 0.00398. The van der Waals surface area contributed by atoms with Crippen LogP contribution in [0.15, 0.2) is 66.7 Å². The van der Waals surface area contributed by atoms with Gasteiger partial charge in [-0.2, -0.15) is 0 Å². The number of aryl methyl sites for hydroxylation is 1. The van der Waals surface area contributed by atoms with Crippen molar-refractivity contribution in [2.75, 3.05) is 11.4 Å². The Morgan fingerprint density at radius 3 is 2.42 bits per heavy atom. The number of ketones is 1. The van der Waals surface area contributed by atoms with Crippen LogP contribution in [0, 0.1) is 0 Å². The maximum atomic E-state index is 13.2. The largest absolute Gasteiger partial charge is 0.308 e. The average molecular weight is 339 g/mol. The van der Waals surface area contributed by atoms with Gasteiger partial charge < -0.3 is 4.90 Å². The zero-order valence-electron chi connectivity index (χ0n) is 14.2. The van der Waals surface area contributed by atoms with Gasteiger partial charge in [0.25, 0.3) is 5.91 Å². The van der Waals surface area contributed by atoms with Crippen LogP contribution in [0.5, 0.6) is 0 Å². The Morgan fingerprint density at radius 1 is 0.808 bits per heavy atom. The third-order valence-corrected chi connectivity index (χ3v) is 5.33. The number of rotatable bonds is 1. The fourth-order valence-electron chi connectivity index (χ4n) is 4.06. The summed E-state index contributed by atoms with van der Waals surface area (Å²) in [5, 5.41) is 0. The number of fused-ring (bicyclic) bond motifs is 4. The third kappa shape index (κ3) is 2.14. The average Bonchev–Trinajstić information content (AvgIpc) is 2.99. The van der Waals surface area contributed by atoms with Gasteiger partial charge in [0.2, 0.25) is 0 Å². The van der Waals surface area contributed by atoms with Crippen LogP contribution in [0.1, 0.15) is 38.3 Å². The minimum atomic E-state index is -0.0382. The first kappa shape index (κ1) is 15.1. The lowest BCUT2D eigenvalue weighted by Gasteiger charge is -2.29. The van der Waals surface area contributed by atoms with Crippen molar-refractivity contribution in [2.45, 2.75) is 12.8 Å². The van der Waals surface area contributed by atoms with E-state index in [0.717, 1.165) is 35.2 Å². The zero-order chi connectivity index (χ0) is 17.7. The topological polar surface area (TPSA) is 37.4 Å². The number of para-hydroxylation sites is 1. The van der Waals surface area contributed by atoms with E-state index < -0.39 is 0 Å². The van der Waals surface area contributed by atoms with Crippen molar-refractivity contribution in [1.82, 2.24) is 0 Å². The monoisotopic (exact) mass is 339 g/mol. The first-order valence-corrected chi connectivity index (χ1v) is 8.92. The van der Waals surface area contributed by atoms with E-state index in [0.29, 0.717) is 17.7 Å². The summed E-state index contributed by atoms with van der Waals surface area (Å²) in [6, 6.07) is 21.2. The van der Waals surface area contributed by atoms with E-state index in [4.69, 9.17) is 0 Å². The highest BCUT2D eigenvalue weighted by atomic mass is 16.2. The molecule has 0 unspecified atom stereocenters. The molecule has 1 amide bonds. The molecule has 0 aromatic heterocycles. The number of carbonyl (C=O) groups is 2. The Hall–Kier alpha value is -3.20. The maximum absolute atomic E-state index is 13.2. The molecule has 0 atom stereocenters. The Bertz CT molecular complexity index is 1070. The summed E-state index contributed by atoms with van der Waals surface area (Å²) in [4.78, 5) is 27.7. The molecule has 1 aliphatic heterocycles.